The second-order valence-corrected chi connectivity index (χ2v) is 9.98. The van der Waals surface area contributed by atoms with Crippen LogP contribution in [0.3, 0.4) is 0 Å². The van der Waals surface area contributed by atoms with Crippen LogP contribution in [0, 0.1) is 0 Å². The Hall–Kier alpha value is -2.64. The normalized spacial score (nSPS) is 17.6. The molecule has 0 aliphatic carbocycles. The highest BCUT2D eigenvalue weighted by molar-refractivity contribution is 6.30. The number of nitrogens with two attached hydrogens (primary N) is 1. The van der Waals surface area contributed by atoms with Gasteiger partial charge in [0.05, 0.1) is 12.1 Å². The number of carbonyl (C=O) groups excluding carboxylic acids is 2. The zero-order chi connectivity index (χ0) is 25.7. The van der Waals surface area contributed by atoms with Crippen molar-refractivity contribution in [1.82, 2.24) is 15.1 Å². The molecule has 1 aliphatic rings. The quantitative estimate of drug-likeness (QED) is 0.449. The van der Waals surface area contributed by atoms with Gasteiger partial charge >= 0.3 is 0 Å². The average Bonchev–Trinajstić information content (AvgIpc) is 2.91. The van der Waals surface area contributed by atoms with Crippen LogP contribution in [0.1, 0.15) is 24.5 Å². The molecule has 1 saturated heterocycles. The summed E-state index contributed by atoms with van der Waals surface area (Å²) in [7, 11) is 1.68. The number of hydrogen-bond donors (Lipinski definition) is 2. The minimum atomic E-state index is -0.612. The Morgan fingerprint density at radius 2 is 1.68 bits per heavy atom. The van der Waals surface area contributed by atoms with Gasteiger partial charge in [0.15, 0.2) is 0 Å². The summed E-state index contributed by atoms with van der Waals surface area (Å²) in [6.45, 7) is 3.90. The number of piperazine rings is 1. The van der Waals surface area contributed by atoms with Gasteiger partial charge in [0.25, 0.3) is 0 Å². The van der Waals surface area contributed by atoms with Crippen molar-refractivity contribution >= 4 is 46.6 Å². The van der Waals surface area contributed by atoms with Gasteiger partial charge < -0.3 is 16.0 Å². The van der Waals surface area contributed by atoms with E-state index in [4.69, 9.17) is 17.3 Å². The molecule has 0 spiro atoms. The van der Waals surface area contributed by atoms with E-state index in [2.05, 4.69) is 47.5 Å². The zero-order valence-corrected chi connectivity index (χ0v) is 23.0. The van der Waals surface area contributed by atoms with E-state index in [0.29, 0.717) is 37.5 Å². The molecule has 1 heterocycles. The standard InChI is InChI=1S/C29H35ClN4O2.ClH/c1-3-25-19-33(14-15-34(25)29(36)26(31)17-20-9-12-24(30)13-10-20)27(28(35)32-2)18-21-8-11-22-6-4-5-7-23(22)16-21;/h4-13,16,25-27H,3,14-15,17-19,31H2,1-2H3,(H,32,35);1H. The predicted octanol–water partition coefficient (Wildman–Crippen LogP) is 4.06. The van der Waals surface area contributed by atoms with Crippen LogP contribution in [0.4, 0.5) is 0 Å². The maximum atomic E-state index is 13.3. The molecule has 2 amide bonds. The first kappa shape index (κ1) is 28.9. The molecule has 0 radical (unpaired) electrons. The van der Waals surface area contributed by atoms with Gasteiger partial charge in [-0.3, -0.25) is 14.5 Å². The number of hydrogen-bond acceptors (Lipinski definition) is 4. The number of nitrogens with zero attached hydrogens (tertiary/aromatic N) is 2. The van der Waals surface area contributed by atoms with E-state index in [-0.39, 0.29) is 36.3 Å². The number of benzene rings is 3. The van der Waals surface area contributed by atoms with Crippen LogP contribution in [0.25, 0.3) is 10.8 Å². The SMILES string of the molecule is CCC1CN(C(Cc2ccc3ccccc3c2)C(=O)NC)CCN1C(=O)C(N)Cc1ccc(Cl)cc1.Cl. The number of rotatable bonds is 8. The number of amides is 2. The third-order valence-corrected chi connectivity index (χ3v) is 7.44. The van der Waals surface area contributed by atoms with Crippen molar-refractivity contribution in [3.63, 3.8) is 0 Å². The molecule has 3 aromatic carbocycles. The smallest absolute Gasteiger partial charge is 0.240 e. The van der Waals surface area contributed by atoms with Gasteiger partial charge in [-0.05, 0) is 53.3 Å². The highest BCUT2D eigenvalue weighted by Crippen LogP contribution is 2.22. The Kier molecular flexibility index (Phi) is 10.4. The average molecular weight is 544 g/mol. The number of halogens is 2. The van der Waals surface area contributed by atoms with Gasteiger partial charge in [-0.15, -0.1) is 12.4 Å². The van der Waals surface area contributed by atoms with Crippen molar-refractivity contribution < 1.29 is 9.59 Å². The molecular formula is C29H36Cl2N4O2. The van der Waals surface area contributed by atoms with E-state index in [9.17, 15) is 9.59 Å². The van der Waals surface area contributed by atoms with E-state index in [1.54, 1.807) is 7.05 Å². The Morgan fingerprint density at radius 1 is 1.00 bits per heavy atom. The van der Waals surface area contributed by atoms with Crippen molar-refractivity contribution in [3.8, 4) is 0 Å². The molecule has 3 unspecified atom stereocenters. The van der Waals surface area contributed by atoms with Crippen LogP contribution in [0.5, 0.6) is 0 Å². The molecule has 1 fully saturated rings. The van der Waals surface area contributed by atoms with E-state index in [0.717, 1.165) is 17.5 Å². The summed E-state index contributed by atoms with van der Waals surface area (Å²) in [6.07, 6.45) is 1.88. The van der Waals surface area contributed by atoms with Crippen molar-refractivity contribution in [2.75, 3.05) is 26.7 Å². The molecule has 0 aromatic heterocycles. The Labute approximate surface area is 230 Å². The fourth-order valence-electron chi connectivity index (χ4n) is 5.12. The maximum Gasteiger partial charge on any atom is 0.240 e. The summed E-state index contributed by atoms with van der Waals surface area (Å²) in [5, 5.41) is 5.86. The number of carbonyl (C=O) groups is 2. The first-order chi connectivity index (χ1) is 17.4. The van der Waals surface area contributed by atoms with Gasteiger partial charge in [-0.2, -0.15) is 0 Å². The molecule has 0 bridgehead atoms. The van der Waals surface area contributed by atoms with Gasteiger partial charge in [-0.1, -0.05) is 73.1 Å². The van der Waals surface area contributed by atoms with Crippen LogP contribution >= 0.6 is 24.0 Å². The molecule has 8 heteroatoms. The Balaban J connectivity index is 0.00000380. The number of fused-ring (bicyclic) bond motifs is 1. The summed E-state index contributed by atoms with van der Waals surface area (Å²) in [5.74, 6) is -0.0419. The van der Waals surface area contributed by atoms with Crippen LogP contribution in [0.15, 0.2) is 66.7 Å². The number of likely N-dealkylation sites (N-methyl/N-ethyl adjacent to an activating group) is 1. The lowest BCUT2D eigenvalue weighted by atomic mass is 9.98. The maximum absolute atomic E-state index is 13.3. The van der Waals surface area contributed by atoms with E-state index in [1.807, 2.05) is 41.3 Å². The second-order valence-electron chi connectivity index (χ2n) is 9.54. The Bertz CT molecular complexity index is 1200. The lowest BCUT2D eigenvalue weighted by molar-refractivity contribution is -0.139. The molecule has 3 atom stereocenters. The van der Waals surface area contributed by atoms with E-state index < -0.39 is 6.04 Å². The first-order valence-corrected chi connectivity index (χ1v) is 13.0. The molecule has 3 aromatic rings. The summed E-state index contributed by atoms with van der Waals surface area (Å²) < 4.78 is 0. The topological polar surface area (TPSA) is 78.7 Å². The van der Waals surface area contributed by atoms with Gasteiger partial charge in [0.1, 0.15) is 0 Å². The monoisotopic (exact) mass is 542 g/mol. The Morgan fingerprint density at radius 3 is 2.35 bits per heavy atom. The summed E-state index contributed by atoms with van der Waals surface area (Å²) in [6, 6.07) is 21.2. The molecule has 6 nitrogen and oxygen atoms in total. The van der Waals surface area contributed by atoms with E-state index >= 15 is 0 Å². The molecule has 37 heavy (non-hydrogen) atoms. The predicted molar refractivity (Wildman–Crippen MR) is 153 cm³/mol. The summed E-state index contributed by atoms with van der Waals surface area (Å²) in [4.78, 5) is 30.4. The van der Waals surface area contributed by atoms with Crippen LogP contribution in [-0.4, -0.2) is 66.4 Å². The molecule has 3 N–H and O–H groups in total. The fourth-order valence-corrected chi connectivity index (χ4v) is 5.25. The van der Waals surface area contributed by atoms with Crippen LogP contribution in [-0.2, 0) is 22.4 Å². The zero-order valence-electron chi connectivity index (χ0n) is 21.4. The van der Waals surface area contributed by atoms with Gasteiger partial charge in [0, 0.05) is 37.7 Å². The summed E-state index contributed by atoms with van der Waals surface area (Å²) >= 11 is 5.98. The third-order valence-electron chi connectivity index (χ3n) is 7.19. The van der Waals surface area contributed by atoms with Crippen molar-refractivity contribution in [2.45, 2.75) is 44.3 Å². The molecule has 1 aliphatic heterocycles. The highest BCUT2D eigenvalue weighted by Gasteiger charge is 2.36. The first-order valence-electron chi connectivity index (χ1n) is 12.6. The molecular weight excluding hydrogens is 507 g/mol. The fraction of sp³-hybridized carbons (Fsp3) is 0.379. The molecule has 198 valence electrons. The minimum absolute atomic E-state index is 0. The van der Waals surface area contributed by atoms with Crippen molar-refractivity contribution in [1.29, 1.82) is 0 Å². The van der Waals surface area contributed by atoms with Gasteiger partial charge in [0.2, 0.25) is 11.8 Å². The van der Waals surface area contributed by atoms with Crippen LogP contribution in [0.2, 0.25) is 5.02 Å². The molecule has 0 saturated carbocycles. The minimum Gasteiger partial charge on any atom is -0.358 e. The lowest BCUT2D eigenvalue weighted by Crippen LogP contribution is -2.62. The lowest BCUT2D eigenvalue weighted by Gasteiger charge is -2.44. The van der Waals surface area contributed by atoms with Crippen molar-refractivity contribution in [3.05, 3.63) is 82.9 Å². The second kappa shape index (κ2) is 13.2. The molecule has 4 rings (SSSR count). The summed E-state index contributed by atoms with van der Waals surface area (Å²) in [5.41, 5.74) is 8.46. The van der Waals surface area contributed by atoms with Gasteiger partial charge in [-0.25, -0.2) is 0 Å². The number of nitrogens with one attached hydrogen (secondary N) is 1. The van der Waals surface area contributed by atoms with E-state index in [1.165, 1.54) is 10.8 Å². The van der Waals surface area contributed by atoms with Crippen molar-refractivity contribution in [2.24, 2.45) is 5.73 Å². The largest absolute Gasteiger partial charge is 0.358 e. The van der Waals surface area contributed by atoms with Crippen LogP contribution < -0.4 is 11.1 Å². The highest BCUT2D eigenvalue weighted by atomic mass is 35.5. The third kappa shape index (κ3) is 7.02.